The molecule has 6 heteroatoms. The molecule has 0 aliphatic rings. The molecule has 0 aromatic heterocycles. The number of halogens is 1. The summed E-state index contributed by atoms with van der Waals surface area (Å²) in [6, 6.07) is 3.55. The minimum atomic E-state index is -3.68. The maximum atomic E-state index is 11.4. The molecule has 96 valence electrons. The van der Waals surface area contributed by atoms with Crippen molar-refractivity contribution in [3.63, 3.8) is 0 Å². The number of benzene rings is 1. The Morgan fingerprint density at radius 1 is 1.41 bits per heavy atom. The van der Waals surface area contributed by atoms with Gasteiger partial charge in [-0.1, -0.05) is 13.0 Å². The van der Waals surface area contributed by atoms with E-state index >= 15 is 0 Å². The highest BCUT2D eigenvalue weighted by molar-refractivity contribution is 9.10. The average molecular weight is 321 g/mol. The first kappa shape index (κ1) is 14.6. The van der Waals surface area contributed by atoms with Gasteiger partial charge in [0.15, 0.2) is 0 Å². The summed E-state index contributed by atoms with van der Waals surface area (Å²) < 4.78 is 23.4. The molecule has 0 unspecified atom stereocenters. The highest BCUT2D eigenvalue weighted by Crippen LogP contribution is 2.26. The van der Waals surface area contributed by atoms with Crippen LogP contribution in [0.15, 0.2) is 21.5 Å². The van der Waals surface area contributed by atoms with Crippen molar-refractivity contribution in [3.8, 4) is 0 Å². The minimum absolute atomic E-state index is 0.144. The molecule has 4 nitrogen and oxygen atoms in total. The third-order valence-electron chi connectivity index (χ3n) is 2.34. The Morgan fingerprint density at radius 3 is 2.59 bits per heavy atom. The Labute approximate surface area is 111 Å². The van der Waals surface area contributed by atoms with Crippen molar-refractivity contribution in [3.05, 3.63) is 27.7 Å². The van der Waals surface area contributed by atoms with E-state index in [9.17, 15) is 8.42 Å². The molecule has 0 aliphatic heterocycles. The number of nitrogens with one attached hydrogen (secondary N) is 1. The van der Waals surface area contributed by atoms with E-state index in [2.05, 4.69) is 28.2 Å². The minimum Gasteiger partial charge on any atom is -0.313 e. The summed E-state index contributed by atoms with van der Waals surface area (Å²) in [5, 5.41) is 8.40. The van der Waals surface area contributed by atoms with E-state index in [1.165, 1.54) is 0 Å². The van der Waals surface area contributed by atoms with Gasteiger partial charge in [-0.3, -0.25) is 0 Å². The van der Waals surface area contributed by atoms with Crippen molar-refractivity contribution < 1.29 is 8.42 Å². The summed E-state index contributed by atoms with van der Waals surface area (Å²) in [5.41, 5.74) is 1.79. The van der Waals surface area contributed by atoms with E-state index in [-0.39, 0.29) is 4.90 Å². The number of sulfonamides is 1. The first-order valence-electron chi connectivity index (χ1n) is 5.38. The molecule has 1 aromatic rings. The molecule has 0 bridgehead atoms. The van der Waals surface area contributed by atoms with Crippen LogP contribution in [0.1, 0.15) is 24.5 Å². The highest BCUT2D eigenvalue weighted by atomic mass is 79.9. The molecular weight excluding hydrogens is 304 g/mol. The van der Waals surface area contributed by atoms with Gasteiger partial charge in [0.25, 0.3) is 0 Å². The maximum Gasteiger partial charge on any atom is 0.239 e. The van der Waals surface area contributed by atoms with Crippen molar-refractivity contribution in [1.82, 2.24) is 5.32 Å². The first-order valence-corrected chi connectivity index (χ1v) is 7.72. The fourth-order valence-corrected chi connectivity index (χ4v) is 3.16. The molecule has 0 heterocycles. The van der Waals surface area contributed by atoms with Crippen molar-refractivity contribution in [1.29, 1.82) is 0 Å². The smallest absolute Gasteiger partial charge is 0.239 e. The molecule has 0 fully saturated rings. The molecule has 17 heavy (non-hydrogen) atoms. The monoisotopic (exact) mass is 320 g/mol. The molecule has 0 amide bonds. The number of nitrogens with two attached hydrogens (primary N) is 1. The van der Waals surface area contributed by atoms with E-state index in [0.717, 1.165) is 24.1 Å². The summed E-state index contributed by atoms with van der Waals surface area (Å²) in [5.74, 6) is 0. The van der Waals surface area contributed by atoms with Crippen LogP contribution in [0.25, 0.3) is 0 Å². The van der Waals surface area contributed by atoms with Gasteiger partial charge in [0.05, 0.1) is 4.90 Å². The Hall–Kier alpha value is -0.430. The molecule has 0 atom stereocenters. The molecule has 0 saturated heterocycles. The Balaban J connectivity index is 3.07. The Morgan fingerprint density at radius 2 is 2.06 bits per heavy atom. The molecule has 0 radical (unpaired) electrons. The molecule has 1 rings (SSSR count). The van der Waals surface area contributed by atoms with Crippen molar-refractivity contribution in [2.24, 2.45) is 5.14 Å². The van der Waals surface area contributed by atoms with Gasteiger partial charge in [-0.2, -0.15) is 0 Å². The lowest BCUT2D eigenvalue weighted by atomic mass is 10.1. The summed E-state index contributed by atoms with van der Waals surface area (Å²) in [4.78, 5) is 0.144. The quantitative estimate of drug-likeness (QED) is 0.814. The number of hydrogen-bond donors (Lipinski definition) is 2. The summed E-state index contributed by atoms with van der Waals surface area (Å²) >= 11 is 3.25. The Kier molecular flexibility index (Phi) is 5.12. The molecule has 0 spiro atoms. The van der Waals surface area contributed by atoms with Gasteiger partial charge in [0.1, 0.15) is 0 Å². The average Bonchev–Trinajstić information content (AvgIpc) is 2.21. The molecule has 3 N–H and O–H groups in total. The van der Waals surface area contributed by atoms with E-state index in [1.807, 2.05) is 13.0 Å². The zero-order valence-corrected chi connectivity index (χ0v) is 12.4. The predicted molar refractivity (Wildman–Crippen MR) is 72.2 cm³/mol. The lowest BCUT2D eigenvalue weighted by Crippen LogP contribution is -2.17. The van der Waals surface area contributed by atoms with E-state index < -0.39 is 10.0 Å². The van der Waals surface area contributed by atoms with Gasteiger partial charge in [0, 0.05) is 11.0 Å². The number of primary sulfonamides is 1. The van der Waals surface area contributed by atoms with Gasteiger partial charge in [-0.15, -0.1) is 0 Å². The Bertz CT molecular complexity index is 500. The molecule has 1 aromatic carbocycles. The summed E-state index contributed by atoms with van der Waals surface area (Å²) in [6.07, 6.45) is 1.04. The topological polar surface area (TPSA) is 72.2 Å². The van der Waals surface area contributed by atoms with Gasteiger partial charge < -0.3 is 5.32 Å². The van der Waals surface area contributed by atoms with E-state index in [4.69, 9.17) is 5.14 Å². The highest BCUT2D eigenvalue weighted by Gasteiger charge is 2.15. The third-order valence-corrected chi connectivity index (χ3v) is 4.59. The van der Waals surface area contributed by atoms with Crippen molar-refractivity contribution >= 4 is 26.0 Å². The van der Waals surface area contributed by atoms with E-state index in [1.54, 1.807) is 6.07 Å². The fourth-order valence-electron chi connectivity index (χ4n) is 1.53. The number of rotatable bonds is 5. The van der Waals surface area contributed by atoms with Crippen LogP contribution in [-0.2, 0) is 16.6 Å². The second kappa shape index (κ2) is 5.95. The van der Waals surface area contributed by atoms with Crippen LogP contribution in [0.4, 0.5) is 0 Å². The second-order valence-electron chi connectivity index (χ2n) is 3.95. The SMILES string of the molecule is CCCNCc1cc(C)c(Br)c(S(N)(=O)=O)c1. The van der Waals surface area contributed by atoms with Gasteiger partial charge >= 0.3 is 0 Å². The normalized spacial score (nSPS) is 11.8. The lowest BCUT2D eigenvalue weighted by molar-refractivity contribution is 0.596. The number of aryl methyl sites for hydroxylation is 1. The zero-order valence-electron chi connectivity index (χ0n) is 9.96. The summed E-state index contributed by atoms with van der Waals surface area (Å²) in [6.45, 7) is 5.47. The van der Waals surface area contributed by atoms with Crippen LogP contribution in [0.2, 0.25) is 0 Å². The van der Waals surface area contributed by atoms with Crippen LogP contribution in [0.3, 0.4) is 0 Å². The van der Waals surface area contributed by atoms with Crippen LogP contribution < -0.4 is 10.5 Å². The van der Waals surface area contributed by atoms with Gasteiger partial charge in [-0.05, 0) is 53.0 Å². The number of hydrogen-bond acceptors (Lipinski definition) is 3. The second-order valence-corrected chi connectivity index (χ2v) is 6.27. The first-order chi connectivity index (χ1) is 7.86. The lowest BCUT2D eigenvalue weighted by Gasteiger charge is -2.10. The zero-order chi connectivity index (χ0) is 13.1. The molecule has 0 aliphatic carbocycles. The van der Waals surface area contributed by atoms with Gasteiger partial charge in [0.2, 0.25) is 10.0 Å². The van der Waals surface area contributed by atoms with E-state index in [0.29, 0.717) is 11.0 Å². The predicted octanol–water partition coefficient (Wildman–Crippen LogP) is 1.90. The van der Waals surface area contributed by atoms with Crippen molar-refractivity contribution in [2.45, 2.75) is 31.7 Å². The maximum absolute atomic E-state index is 11.4. The van der Waals surface area contributed by atoms with Crippen LogP contribution in [-0.4, -0.2) is 15.0 Å². The van der Waals surface area contributed by atoms with Crippen LogP contribution in [0, 0.1) is 6.92 Å². The molecule has 0 saturated carbocycles. The molecular formula is C11H17BrN2O2S. The third kappa shape index (κ3) is 4.06. The van der Waals surface area contributed by atoms with Crippen molar-refractivity contribution in [2.75, 3.05) is 6.54 Å². The van der Waals surface area contributed by atoms with Crippen LogP contribution >= 0.6 is 15.9 Å². The summed E-state index contributed by atoms with van der Waals surface area (Å²) in [7, 11) is -3.68. The van der Waals surface area contributed by atoms with Crippen LogP contribution in [0.5, 0.6) is 0 Å². The standard InChI is InChI=1S/C11H17BrN2O2S/c1-3-4-14-7-9-5-8(2)11(12)10(6-9)17(13,15)16/h5-6,14H,3-4,7H2,1-2H3,(H2,13,15,16). The fraction of sp³-hybridized carbons (Fsp3) is 0.455. The van der Waals surface area contributed by atoms with Gasteiger partial charge in [-0.25, -0.2) is 13.6 Å². The largest absolute Gasteiger partial charge is 0.313 e.